The molecule has 3 aromatic rings. The van der Waals surface area contributed by atoms with Gasteiger partial charge in [-0.05, 0) is 48.5 Å². The molecule has 31 heavy (non-hydrogen) atoms. The third kappa shape index (κ3) is 4.92. The van der Waals surface area contributed by atoms with Crippen LogP contribution in [-0.2, 0) is 14.8 Å². The molecule has 1 aliphatic rings. The van der Waals surface area contributed by atoms with E-state index in [9.17, 15) is 13.2 Å². The summed E-state index contributed by atoms with van der Waals surface area (Å²) in [6.07, 6.45) is 0.577. The quantitative estimate of drug-likeness (QED) is 0.446. The molecule has 1 N–H and O–H groups in total. The Balaban J connectivity index is 1.29. The number of fused-ring (bicyclic) bond motifs is 1. The molecule has 158 valence electrons. The molecule has 3 aromatic carbocycles. The summed E-state index contributed by atoms with van der Waals surface area (Å²) in [5.74, 6) is 0.598. The molecular weight excluding hydrogens is 416 g/mol. The number of esters is 1. The lowest BCUT2D eigenvalue weighted by molar-refractivity contribution is 0.0486. The average molecular weight is 436 g/mol. The van der Waals surface area contributed by atoms with E-state index in [0.717, 1.165) is 5.75 Å². The lowest BCUT2D eigenvalue weighted by atomic mass is 10.1. The minimum Gasteiger partial charge on any atom is -0.493 e. The highest BCUT2D eigenvalue weighted by molar-refractivity contribution is 7.90. The lowest BCUT2D eigenvalue weighted by Crippen LogP contribution is -2.12. The van der Waals surface area contributed by atoms with E-state index in [1.54, 1.807) is 42.5 Å². The summed E-state index contributed by atoms with van der Waals surface area (Å²) < 4.78 is 38.9. The first-order valence-corrected chi connectivity index (χ1v) is 11.1. The Kier molecular flexibility index (Phi) is 5.99. The summed E-state index contributed by atoms with van der Waals surface area (Å²) in [7, 11) is -3.69. The second-order valence-electron chi connectivity index (χ2n) is 6.76. The van der Waals surface area contributed by atoms with Crippen LogP contribution in [0.3, 0.4) is 0 Å². The van der Waals surface area contributed by atoms with Crippen LogP contribution in [0, 0.1) is 0 Å². The zero-order valence-corrected chi connectivity index (χ0v) is 17.3. The number of ether oxygens (including phenoxy) is 2. The molecule has 0 fully saturated rings. The van der Waals surface area contributed by atoms with Crippen molar-refractivity contribution in [3.8, 4) is 5.75 Å². The molecule has 8 heteroatoms. The van der Waals surface area contributed by atoms with E-state index >= 15 is 0 Å². The van der Waals surface area contributed by atoms with Crippen LogP contribution in [0.15, 0.2) is 88.2 Å². The van der Waals surface area contributed by atoms with Crippen LogP contribution < -0.4 is 10.1 Å². The third-order valence-electron chi connectivity index (χ3n) is 4.55. The van der Waals surface area contributed by atoms with Crippen molar-refractivity contribution < 1.29 is 22.7 Å². The van der Waals surface area contributed by atoms with Gasteiger partial charge in [0, 0.05) is 17.7 Å². The summed E-state index contributed by atoms with van der Waals surface area (Å²) >= 11 is 0. The maximum Gasteiger partial charge on any atom is 0.338 e. The Morgan fingerprint density at radius 1 is 0.871 bits per heavy atom. The van der Waals surface area contributed by atoms with Crippen LogP contribution >= 0.6 is 0 Å². The van der Waals surface area contributed by atoms with Crippen LogP contribution in [0.25, 0.3) is 0 Å². The Morgan fingerprint density at radius 3 is 2.35 bits per heavy atom. The highest BCUT2D eigenvalue weighted by Crippen LogP contribution is 2.26. The van der Waals surface area contributed by atoms with Crippen LogP contribution in [0.4, 0.5) is 5.69 Å². The number of hydrogen-bond acceptors (Lipinski definition) is 6. The number of rotatable bonds is 7. The zero-order valence-electron chi connectivity index (χ0n) is 16.5. The van der Waals surface area contributed by atoms with Gasteiger partial charge in [0.1, 0.15) is 10.6 Å². The molecule has 0 amide bonds. The Labute approximate surface area is 180 Å². The Morgan fingerprint density at radius 2 is 1.58 bits per heavy atom. The molecule has 4 rings (SSSR count). The van der Waals surface area contributed by atoms with E-state index in [2.05, 4.69) is 9.71 Å². The Hall–Kier alpha value is -3.65. The van der Waals surface area contributed by atoms with E-state index in [4.69, 9.17) is 9.47 Å². The van der Waals surface area contributed by atoms with E-state index in [1.807, 2.05) is 30.3 Å². The molecule has 1 aliphatic heterocycles. The van der Waals surface area contributed by atoms with Crippen molar-refractivity contribution in [2.45, 2.75) is 11.3 Å². The number of carbonyl (C=O) groups excluding carboxylic acids is 1. The Bertz CT molecular complexity index is 1210. The largest absolute Gasteiger partial charge is 0.493 e. The molecule has 7 nitrogen and oxygen atoms in total. The number of anilines is 1. The second kappa shape index (κ2) is 9.01. The van der Waals surface area contributed by atoms with Crippen molar-refractivity contribution in [1.29, 1.82) is 0 Å². The van der Waals surface area contributed by atoms with Crippen molar-refractivity contribution in [3.63, 3.8) is 0 Å². The predicted octanol–water partition coefficient (Wildman–Crippen LogP) is 3.87. The van der Waals surface area contributed by atoms with Gasteiger partial charge in [0.2, 0.25) is 0 Å². The standard InChI is InChI=1S/C23H20N2O5S/c26-23(30-16-6-15-29-19-7-2-1-3-8-19)17-11-13-18(14-12-17)24-22-20-9-4-5-10-21(20)31(27,28)25-22/h1-5,7-14H,6,15-16H2,(H,24,25). The van der Waals surface area contributed by atoms with E-state index in [-0.39, 0.29) is 17.3 Å². The van der Waals surface area contributed by atoms with Crippen LogP contribution in [0.2, 0.25) is 0 Å². The summed E-state index contributed by atoms with van der Waals surface area (Å²) in [5.41, 5.74) is 1.53. The van der Waals surface area contributed by atoms with Crippen molar-refractivity contribution in [1.82, 2.24) is 0 Å². The number of nitrogens with one attached hydrogen (secondary N) is 1. The summed E-state index contributed by atoms with van der Waals surface area (Å²) in [4.78, 5) is 12.4. The number of amidine groups is 1. The molecule has 0 bridgehead atoms. The predicted molar refractivity (Wildman–Crippen MR) is 117 cm³/mol. The fourth-order valence-electron chi connectivity index (χ4n) is 3.04. The SMILES string of the molecule is O=C(OCCCOc1ccccc1)c1ccc(NC2=NS(=O)(=O)c3ccccc32)cc1. The summed E-state index contributed by atoms with van der Waals surface area (Å²) in [5, 5.41) is 3.00. The first kappa shape index (κ1) is 20.6. The summed E-state index contributed by atoms with van der Waals surface area (Å²) in [6, 6.07) is 22.6. The highest BCUT2D eigenvalue weighted by Gasteiger charge is 2.28. The molecular formula is C23H20N2O5S. The number of benzene rings is 3. The zero-order chi connectivity index (χ0) is 21.7. The number of hydrogen-bond donors (Lipinski definition) is 1. The number of nitrogens with zero attached hydrogens (tertiary/aromatic N) is 1. The topological polar surface area (TPSA) is 94.1 Å². The van der Waals surface area contributed by atoms with Gasteiger partial charge in [0.25, 0.3) is 10.0 Å². The molecule has 0 saturated carbocycles. The van der Waals surface area contributed by atoms with E-state index in [0.29, 0.717) is 29.8 Å². The van der Waals surface area contributed by atoms with E-state index in [1.165, 1.54) is 6.07 Å². The smallest absolute Gasteiger partial charge is 0.338 e. The number of sulfonamides is 1. The van der Waals surface area contributed by atoms with Gasteiger partial charge >= 0.3 is 5.97 Å². The average Bonchev–Trinajstić information content (AvgIpc) is 3.04. The molecule has 0 aromatic heterocycles. The van der Waals surface area contributed by atoms with Gasteiger partial charge in [-0.2, -0.15) is 8.42 Å². The van der Waals surface area contributed by atoms with Gasteiger partial charge in [-0.25, -0.2) is 4.79 Å². The van der Waals surface area contributed by atoms with Gasteiger partial charge in [-0.3, -0.25) is 0 Å². The maximum absolute atomic E-state index is 12.2. The molecule has 1 heterocycles. The first-order chi connectivity index (χ1) is 15.0. The molecule has 0 aliphatic carbocycles. The van der Waals surface area contributed by atoms with Gasteiger partial charge < -0.3 is 14.8 Å². The monoisotopic (exact) mass is 436 g/mol. The second-order valence-corrected chi connectivity index (χ2v) is 8.34. The van der Waals surface area contributed by atoms with Crippen molar-refractivity contribution in [2.75, 3.05) is 18.5 Å². The van der Waals surface area contributed by atoms with Crippen LogP contribution in [0.1, 0.15) is 22.3 Å². The minimum absolute atomic E-state index is 0.175. The van der Waals surface area contributed by atoms with Gasteiger partial charge in [-0.15, -0.1) is 4.40 Å². The molecule has 0 radical (unpaired) electrons. The maximum atomic E-state index is 12.2. The van der Waals surface area contributed by atoms with Crippen molar-refractivity contribution >= 4 is 27.5 Å². The van der Waals surface area contributed by atoms with E-state index < -0.39 is 16.0 Å². The molecule has 0 saturated heterocycles. The normalized spacial score (nSPS) is 13.7. The fraction of sp³-hybridized carbons (Fsp3) is 0.130. The number of para-hydroxylation sites is 1. The third-order valence-corrected chi connectivity index (χ3v) is 5.88. The molecule has 0 unspecified atom stereocenters. The molecule has 0 atom stereocenters. The van der Waals surface area contributed by atoms with Crippen molar-refractivity contribution in [3.05, 3.63) is 90.0 Å². The van der Waals surface area contributed by atoms with Gasteiger partial charge in [0.15, 0.2) is 5.84 Å². The highest BCUT2D eigenvalue weighted by atomic mass is 32.2. The summed E-state index contributed by atoms with van der Waals surface area (Å²) in [6.45, 7) is 0.698. The minimum atomic E-state index is -3.69. The van der Waals surface area contributed by atoms with Gasteiger partial charge in [0.05, 0.1) is 18.8 Å². The lowest BCUT2D eigenvalue weighted by Gasteiger charge is -2.09. The fourth-order valence-corrected chi connectivity index (χ4v) is 4.21. The number of carbonyl (C=O) groups is 1. The van der Waals surface area contributed by atoms with Crippen LogP contribution in [-0.4, -0.2) is 33.4 Å². The van der Waals surface area contributed by atoms with Crippen LogP contribution in [0.5, 0.6) is 5.75 Å². The van der Waals surface area contributed by atoms with Crippen molar-refractivity contribution in [2.24, 2.45) is 4.40 Å². The van der Waals surface area contributed by atoms with Gasteiger partial charge in [-0.1, -0.05) is 30.3 Å². The molecule has 0 spiro atoms. The first-order valence-electron chi connectivity index (χ1n) is 9.69.